The van der Waals surface area contributed by atoms with Crippen molar-refractivity contribution in [3.8, 4) is 11.5 Å². The Balaban J connectivity index is 2.09. The summed E-state index contributed by atoms with van der Waals surface area (Å²) in [5.74, 6) is 0.675. The van der Waals surface area contributed by atoms with Crippen LogP contribution in [0.5, 0.6) is 11.5 Å². The normalized spacial score (nSPS) is 11.3. The molecule has 0 amide bonds. The molecule has 0 saturated carbocycles. The molecule has 0 fully saturated rings. The number of nitrogens with two attached hydrogens (primary N) is 1. The maximum absolute atomic E-state index is 9.35. The quantitative estimate of drug-likeness (QED) is 0.350. The van der Waals surface area contributed by atoms with Gasteiger partial charge in [-0.1, -0.05) is 28.9 Å². The Labute approximate surface area is 120 Å². The molecule has 104 valence electrons. The number of hydrogen-bond acceptors (Lipinski definition) is 4. The van der Waals surface area contributed by atoms with Crippen LogP contribution in [0.1, 0.15) is 11.1 Å². The third kappa shape index (κ3) is 3.33. The summed E-state index contributed by atoms with van der Waals surface area (Å²) in [4.78, 5) is 0. The first-order valence-corrected chi connectivity index (χ1v) is 6.16. The average Bonchev–Trinajstić information content (AvgIpc) is 2.44. The van der Waals surface area contributed by atoms with Crippen LogP contribution < -0.4 is 10.5 Å². The molecular formula is C14H13ClN2O3. The molecule has 6 heteroatoms. The molecule has 5 nitrogen and oxygen atoms in total. The number of benzene rings is 2. The van der Waals surface area contributed by atoms with Crippen LogP contribution >= 0.6 is 11.6 Å². The highest BCUT2D eigenvalue weighted by molar-refractivity contribution is 6.34. The van der Waals surface area contributed by atoms with Crippen molar-refractivity contribution in [3.05, 3.63) is 58.6 Å². The summed E-state index contributed by atoms with van der Waals surface area (Å²) in [6.07, 6.45) is 0. The first-order valence-electron chi connectivity index (χ1n) is 5.78. The van der Waals surface area contributed by atoms with Gasteiger partial charge in [-0.05, 0) is 35.9 Å². The van der Waals surface area contributed by atoms with Crippen LogP contribution in [0.4, 0.5) is 0 Å². The van der Waals surface area contributed by atoms with E-state index in [4.69, 9.17) is 27.3 Å². The van der Waals surface area contributed by atoms with Gasteiger partial charge in [0.2, 0.25) is 0 Å². The molecule has 0 aliphatic rings. The van der Waals surface area contributed by atoms with Crippen LogP contribution in [-0.4, -0.2) is 16.1 Å². The van der Waals surface area contributed by atoms with E-state index in [1.165, 1.54) is 0 Å². The summed E-state index contributed by atoms with van der Waals surface area (Å²) in [7, 11) is 0. The lowest BCUT2D eigenvalue weighted by Gasteiger charge is -2.09. The molecule has 0 radical (unpaired) electrons. The summed E-state index contributed by atoms with van der Waals surface area (Å²) in [5.41, 5.74) is 6.74. The maximum atomic E-state index is 9.35. The smallest absolute Gasteiger partial charge is 0.171 e. The topological polar surface area (TPSA) is 88.1 Å². The van der Waals surface area contributed by atoms with Crippen molar-refractivity contribution in [1.82, 2.24) is 0 Å². The molecule has 0 bridgehead atoms. The van der Waals surface area contributed by atoms with Crippen LogP contribution in [-0.2, 0) is 6.61 Å². The number of rotatable bonds is 4. The highest BCUT2D eigenvalue weighted by Gasteiger charge is 2.07. The molecule has 0 heterocycles. The van der Waals surface area contributed by atoms with Crippen molar-refractivity contribution in [1.29, 1.82) is 0 Å². The molecule has 0 atom stereocenters. The van der Waals surface area contributed by atoms with E-state index in [1.807, 2.05) is 6.07 Å². The Bertz CT molecular complexity index is 644. The van der Waals surface area contributed by atoms with Gasteiger partial charge in [-0.2, -0.15) is 0 Å². The molecule has 2 rings (SSSR count). The number of ether oxygens (including phenoxy) is 1. The molecule has 0 saturated heterocycles. The van der Waals surface area contributed by atoms with Crippen LogP contribution in [0.3, 0.4) is 0 Å². The van der Waals surface area contributed by atoms with Crippen molar-refractivity contribution in [2.75, 3.05) is 0 Å². The maximum Gasteiger partial charge on any atom is 0.171 e. The van der Waals surface area contributed by atoms with E-state index in [-0.39, 0.29) is 11.6 Å². The van der Waals surface area contributed by atoms with Crippen molar-refractivity contribution in [2.24, 2.45) is 10.9 Å². The van der Waals surface area contributed by atoms with Gasteiger partial charge < -0.3 is 20.8 Å². The number of nitrogens with zero attached hydrogens (tertiary/aromatic N) is 1. The van der Waals surface area contributed by atoms with Gasteiger partial charge >= 0.3 is 0 Å². The van der Waals surface area contributed by atoms with E-state index in [2.05, 4.69) is 5.16 Å². The predicted octanol–water partition coefficient (Wildman–Crippen LogP) is 2.72. The van der Waals surface area contributed by atoms with Gasteiger partial charge in [0.05, 0.1) is 5.02 Å². The largest absolute Gasteiger partial charge is 0.508 e. The fraction of sp³-hybridized carbons (Fsp3) is 0.0714. The highest BCUT2D eigenvalue weighted by Crippen LogP contribution is 2.23. The van der Waals surface area contributed by atoms with Gasteiger partial charge in [0.15, 0.2) is 5.84 Å². The van der Waals surface area contributed by atoms with Gasteiger partial charge in [0.25, 0.3) is 0 Å². The summed E-state index contributed by atoms with van der Waals surface area (Å²) in [5, 5.41) is 21.2. The molecule has 2 aromatic rings. The van der Waals surface area contributed by atoms with Crippen LogP contribution in [0, 0.1) is 0 Å². The zero-order valence-corrected chi connectivity index (χ0v) is 11.2. The lowest BCUT2D eigenvalue weighted by atomic mass is 10.2. The molecule has 0 aliphatic carbocycles. The fourth-order valence-corrected chi connectivity index (χ4v) is 1.93. The summed E-state index contributed by atoms with van der Waals surface area (Å²) in [6, 6.07) is 11.6. The lowest BCUT2D eigenvalue weighted by molar-refractivity contribution is 0.305. The van der Waals surface area contributed by atoms with Gasteiger partial charge in [0, 0.05) is 5.56 Å². The molecule has 0 spiro atoms. The summed E-state index contributed by atoms with van der Waals surface area (Å²) >= 11 is 6.02. The molecule has 20 heavy (non-hydrogen) atoms. The number of halogens is 1. The van der Waals surface area contributed by atoms with E-state index in [0.29, 0.717) is 22.9 Å². The summed E-state index contributed by atoms with van der Waals surface area (Å²) < 4.78 is 5.56. The minimum Gasteiger partial charge on any atom is -0.508 e. The Kier molecular flexibility index (Phi) is 4.32. The van der Waals surface area contributed by atoms with Crippen molar-refractivity contribution in [3.63, 3.8) is 0 Å². The average molecular weight is 293 g/mol. The fourth-order valence-electron chi connectivity index (χ4n) is 1.66. The Morgan fingerprint density at radius 3 is 2.70 bits per heavy atom. The van der Waals surface area contributed by atoms with E-state index in [9.17, 15) is 5.11 Å². The number of phenolic OH excluding ortho intramolecular Hbond substituents is 1. The molecule has 2 aromatic carbocycles. The lowest BCUT2D eigenvalue weighted by Crippen LogP contribution is -2.13. The van der Waals surface area contributed by atoms with E-state index < -0.39 is 0 Å². The van der Waals surface area contributed by atoms with Crippen LogP contribution in [0.15, 0.2) is 47.6 Å². The molecule has 0 aliphatic heterocycles. The second kappa shape index (κ2) is 6.16. The van der Waals surface area contributed by atoms with Gasteiger partial charge in [-0.15, -0.1) is 0 Å². The van der Waals surface area contributed by atoms with Crippen molar-refractivity contribution in [2.45, 2.75) is 6.61 Å². The first kappa shape index (κ1) is 14.0. The van der Waals surface area contributed by atoms with E-state index in [0.717, 1.165) is 5.56 Å². The molecule has 0 unspecified atom stereocenters. The predicted molar refractivity (Wildman–Crippen MR) is 76.4 cm³/mol. The Morgan fingerprint density at radius 2 is 2.05 bits per heavy atom. The number of amidine groups is 1. The van der Waals surface area contributed by atoms with Crippen LogP contribution in [0.2, 0.25) is 5.02 Å². The standard InChI is InChI=1S/C14H13ClN2O3/c15-13-7-11(4-5-12(13)14(16)17-19)20-8-9-2-1-3-10(18)6-9/h1-7,18-19H,8H2,(H2,16,17). The van der Waals surface area contributed by atoms with Gasteiger partial charge in [0.1, 0.15) is 18.1 Å². The SMILES string of the molecule is N/C(=N/O)c1ccc(OCc2cccc(O)c2)cc1Cl. The number of hydrogen-bond donors (Lipinski definition) is 3. The van der Waals surface area contributed by atoms with E-state index >= 15 is 0 Å². The number of oxime groups is 1. The number of aromatic hydroxyl groups is 1. The van der Waals surface area contributed by atoms with E-state index in [1.54, 1.807) is 36.4 Å². The number of phenols is 1. The van der Waals surface area contributed by atoms with Gasteiger partial charge in [-0.25, -0.2) is 0 Å². The van der Waals surface area contributed by atoms with Crippen LogP contribution in [0.25, 0.3) is 0 Å². The zero-order chi connectivity index (χ0) is 14.5. The van der Waals surface area contributed by atoms with Crippen molar-refractivity contribution < 1.29 is 15.1 Å². The third-order valence-electron chi connectivity index (χ3n) is 2.64. The Hall–Kier alpha value is -2.40. The molecular weight excluding hydrogens is 280 g/mol. The zero-order valence-electron chi connectivity index (χ0n) is 10.5. The second-order valence-corrected chi connectivity index (χ2v) is 4.49. The molecule has 0 aromatic heterocycles. The monoisotopic (exact) mass is 292 g/mol. The highest BCUT2D eigenvalue weighted by atomic mass is 35.5. The first-order chi connectivity index (χ1) is 9.60. The minimum absolute atomic E-state index is 0.0606. The van der Waals surface area contributed by atoms with Gasteiger partial charge in [-0.3, -0.25) is 0 Å². The second-order valence-electron chi connectivity index (χ2n) is 4.09. The summed E-state index contributed by atoms with van der Waals surface area (Å²) in [6.45, 7) is 0.299. The van der Waals surface area contributed by atoms with Crippen molar-refractivity contribution >= 4 is 17.4 Å². The third-order valence-corrected chi connectivity index (χ3v) is 2.95. The Morgan fingerprint density at radius 1 is 1.25 bits per heavy atom. The molecule has 4 N–H and O–H groups in total. The minimum atomic E-state index is -0.0606.